The maximum atomic E-state index is 13.1. The summed E-state index contributed by atoms with van der Waals surface area (Å²) in [6, 6.07) is 11.2. The second kappa shape index (κ2) is 13.4. The number of halogens is 2. The van der Waals surface area contributed by atoms with E-state index in [-0.39, 0.29) is 5.91 Å². The first-order chi connectivity index (χ1) is 17.5. The van der Waals surface area contributed by atoms with Crippen LogP contribution in [0.1, 0.15) is 21.5 Å². The Morgan fingerprint density at radius 1 is 1.11 bits per heavy atom. The molecule has 2 aromatic carbocycles. The van der Waals surface area contributed by atoms with Gasteiger partial charge in [-0.25, -0.2) is 0 Å². The molecule has 2 saturated heterocycles. The molecule has 192 valence electrons. The van der Waals surface area contributed by atoms with E-state index in [0.29, 0.717) is 41.3 Å². The maximum absolute atomic E-state index is 13.1. The molecule has 3 N–H and O–H groups in total. The molecule has 4 rings (SSSR count). The SMILES string of the molecule is C=CCOc1cc(/C=C/c2ccc(Cl)cc2Br)cc(C(=O)NCCN(CC2CNC2)CC2CNC2)c1. The predicted octanol–water partition coefficient (Wildman–Crippen LogP) is 4.31. The number of ether oxygens (including phenoxy) is 1. The van der Waals surface area contributed by atoms with E-state index in [1.807, 2.05) is 42.5 Å². The quantitative estimate of drug-likeness (QED) is 0.246. The third-order valence-electron chi connectivity index (χ3n) is 6.46. The minimum absolute atomic E-state index is 0.100. The summed E-state index contributed by atoms with van der Waals surface area (Å²) in [6.45, 7) is 12.1. The Bertz CT molecular complexity index is 1070. The van der Waals surface area contributed by atoms with E-state index in [2.05, 4.69) is 43.4 Å². The van der Waals surface area contributed by atoms with Gasteiger partial charge in [0.1, 0.15) is 12.4 Å². The van der Waals surface area contributed by atoms with Crippen molar-refractivity contribution in [1.82, 2.24) is 20.9 Å². The Hall–Kier alpha value is -2.16. The van der Waals surface area contributed by atoms with Crippen LogP contribution in [-0.2, 0) is 0 Å². The van der Waals surface area contributed by atoms with Crippen LogP contribution in [0.2, 0.25) is 5.02 Å². The van der Waals surface area contributed by atoms with E-state index < -0.39 is 0 Å². The Morgan fingerprint density at radius 3 is 2.44 bits per heavy atom. The van der Waals surface area contributed by atoms with Gasteiger partial charge in [-0.15, -0.1) is 0 Å². The largest absolute Gasteiger partial charge is 0.490 e. The molecule has 36 heavy (non-hydrogen) atoms. The summed E-state index contributed by atoms with van der Waals surface area (Å²) in [6.07, 6.45) is 5.64. The summed E-state index contributed by atoms with van der Waals surface area (Å²) in [5.74, 6) is 1.95. The summed E-state index contributed by atoms with van der Waals surface area (Å²) >= 11 is 9.60. The van der Waals surface area contributed by atoms with Crippen LogP contribution in [0.4, 0.5) is 0 Å². The minimum atomic E-state index is -0.100. The number of rotatable bonds is 13. The van der Waals surface area contributed by atoms with Crippen LogP contribution in [0.3, 0.4) is 0 Å². The maximum Gasteiger partial charge on any atom is 0.251 e. The van der Waals surface area contributed by atoms with Gasteiger partial charge in [-0.05, 0) is 53.3 Å². The van der Waals surface area contributed by atoms with Crippen LogP contribution in [0.25, 0.3) is 12.2 Å². The number of carbonyl (C=O) groups is 1. The van der Waals surface area contributed by atoms with Crippen LogP contribution in [0.15, 0.2) is 53.5 Å². The molecule has 0 aliphatic carbocycles. The Labute approximate surface area is 227 Å². The molecule has 0 saturated carbocycles. The summed E-state index contributed by atoms with van der Waals surface area (Å²) in [4.78, 5) is 15.6. The molecule has 2 fully saturated rings. The molecule has 0 bridgehead atoms. The third-order valence-corrected chi connectivity index (χ3v) is 7.38. The van der Waals surface area contributed by atoms with Crippen molar-refractivity contribution in [2.45, 2.75) is 0 Å². The molecule has 2 heterocycles. The average Bonchev–Trinajstić information content (AvgIpc) is 2.81. The Kier molecular flexibility index (Phi) is 10.0. The van der Waals surface area contributed by atoms with Crippen LogP contribution >= 0.6 is 27.5 Å². The lowest BCUT2D eigenvalue weighted by Gasteiger charge is -2.37. The van der Waals surface area contributed by atoms with Gasteiger partial charge in [-0.1, -0.05) is 58.4 Å². The van der Waals surface area contributed by atoms with Gasteiger partial charge in [0.2, 0.25) is 0 Å². The topological polar surface area (TPSA) is 65.6 Å². The highest BCUT2D eigenvalue weighted by molar-refractivity contribution is 9.10. The van der Waals surface area contributed by atoms with E-state index in [0.717, 1.165) is 61.4 Å². The number of hydrogen-bond donors (Lipinski definition) is 3. The van der Waals surface area contributed by atoms with Crippen molar-refractivity contribution in [1.29, 1.82) is 0 Å². The van der Waals surface area contributed by atoms with Crippen molar-refractivity contribution in [2.24, 2.45) is 11.8 Å². The number of amides is 1. The number of benzene rings is 2. The third kappa shape index (κ3) is 7.92. The van der Waals surface area contributed by atoms with E-state index in [4.69, 9.17) is 16.3 Å². The standard InChI is InChI=1S/C28H34BrClN4O2/c1-2-9-36-26-11-20(3-4-23-5-6-25(30)13-27(23)29)10-24(12-26)28(35)33-7-8-34(18-21-14-31-15-21)19-22-16-32-17-22/h2-6,10-13,21-22,31-32H,1,7-9,14-19H2,(H,33,35)/b4-3+. The summed E-state index contributed by atoms with van der Waals surface area (Å²) in [7, 11) is 0. The van der Waals surface area contributed by atoms with Crippen molar-refractivity contribution in [3.8, 4) is 5.75 Å². The normalized spacial score (nSPS) is 16.1. The van der Waals surface area contributed by atoms with Gasteiger partial charge in [0.25, 0.3) is 5.91 Å². The number of nitrogens with zero attached hydrogens (tertiary/aromatic N) is 1. The second-order valence-electron chi connectivity index (χ2n) is 9.45. The number of carbonyl (C=O) groups excluding carboxylic acids is 1. The highest BCUT2D eigenvalue weighted by Crippen LogP contribution is 2.25. The fourth-order valence-corrected chi connectivity index (χ4v) is 5.10. The molecule has 6 nitrogen and oxygen atoms in total. The molecule has 2 aromatic rings. The Balaban J connectivity index is 1.40. The average molecular weight is 574 g/mol. The van der Waals surface area contributed by atoms with Crippen LogP contribution in [0, 0.1) is 11.8 Å². The van der Waals surface area contributed by atoms with Crippen molar-refractivity contribution in [2.75, 3.05) is 59.0 Å². The van der Waals surface area contributed by atoms with E-state index in [1.54, 1.807) is 12.1 Å². The highest BCUT2D eigenvalue weighted by atomic mass is 79.9. The van der Waals surface area contributed by atoms with Crippen LogP contribution < -0.4 is 20.7 Å². The summed E-state index contributed by atoms with van der Waals surface area (Å²) in [5.41, 5.74) is 2.44. The van der Waals surface area contributed by atoms with Crippen molar-refractivity contribution in [3.05, 3.63) is 75.2 Å². The monoisotopic (exact) mass is 572 g/mol. The lowest BCUT2D eigenvalue weighted by atomic mass is 9.99. The number of hydrogen-bond acceptors (Lipinski definition) is 5. The van der Waals surface area contributed by atoms with Gasteiger partial charge in [0.05, 0.1) is 0 Å². The zero-order valence-electron chi connectivity index (χ0n) is 20.4. The van der Waals surface area contributed by atoms with Gasteiger partial charge in [-0.2, -0.15) is 0 Å². The van der Waals surface area contributed by atoms with E-state index in [9.17, 15) is 4.79 Å². The molecule has 0 unspecified atom stereocenters. The number of nitrogens with one attached hydrogen (secondary N) is 3. The molecular weight excluding hydrogens is 540 g/mol. The zero-order valence-corrected chi connectivity index (χ0v) is 22.8. The highest BCUT2D eigenvalue weighted by Gasteiger charge is 2.24. The molecule has 8 heteroatoms. The zero-order chi connectivity index (χ0) is 25.3. The molecule has 0 atom stereocenters. The molecule has 0 aromatic heterocycles. The molecule has 2 aliphatic heterocycles. The predicted molar refractivity (Wildman–Crippen MR) is 152 cm³/mol. The molecule has 0 radical (unpaired) electrons. The van der Waals surface area contributed by atoms with Gasteiger partial charge in [-0.3, -0.25) is 4.79 Å². The molecular formula is C28H34BrClN4O2. The fraction of sp³-hybridized carbons (Fsp3) is 0.393. The van der Waals surface area contributed by atoms with Crippen molar-refractivity contribution < 1.29 is 9.53 Å². The van der Waals surface area contributed by atoms with Crippen LogP contribution in [-0.4, -0.2) is 69.8 Å². The molecule has 2 aliphatic rings. The summed E-state index contributed by atoms with van der Waals surface area (Å²) in [5, 5.41) is 10.5. The van der Waals surface area contributed by atoms with Crippen molar-refractivity contribution in [3.63, 3.8) is 0 Å². The smallest absolute Gasteiger partial charge is 0.251 e. The van der Waals surface area contributed by atoms with Gasteiger partial charge in [0, 0.05) is 67.4 Å². The second-order valence-corrected chi connectivity index (χ2v) is 10.7. The molecule has 0 spiro atoms. The van der Waals surface area contributed by atoms with Gasteiger partial charge < -0.3 is 25.6 Å². The fourth-order valence-electron chi connectivity index (χ4n) is 4.28. The first kappa shape index (κ1) is 26.9. The summed E-state index contributed by atoms with van der Waals surface area (Å²) < 4.78 is 6.67. The first-order valence-electron chi connectivity index (χ1n) is 12.4. The minimum Gasteiger partial charge on any atom is -0.490 e. The van der Waals surface area contributed by atoms with E-state index >= 15 is 0 Å². The van der Waals surface area contributed by atoms with E-state index in [1.165, 1.54) is 0 Å². The first-order valence-corrected chi connectivity index (χ1v) is 13.6. The van der Waals surface area contributed by atoms with Crippen molar-refractivity contribution >= 4 is 45.6 Å². The lowest BCUT2D eigenvalue weighted by Crippen LogP contribution is -2.53. The lowest BCUT2D eigenvalue weighted by molar-refractivity contribution is 0.0939. The Morgan fingerprint density at radius 2 is 1.83 bits per heavy atom. The van der Waals surface area contributed by atoms with Gasteiger partial charge in [0.15, 0.2) is 0 Å². The van der Waals surface area contributed by atoms with Crippen LogP contribution in [0.5, 0.6) is 5.75 Å². The van der Waals surface area contributed by atoms with Gasteiger partial charge >= 0.3 is 0 Å². The molecule has 1 amide bonds.